The summed E-state index contributed by atoms with van der Waals surface area (Å²) in [5.41, 5.74) is 8.25. The van der Waals surface area contributed by atoms with Crippen LogP contribution in [0.25, 0.3) is 0 Å². The van der Waals surface area contributed by atoms with E-state index in [4.69, 9.17) is 10.5 Å². The van der Waals surface area contributed by atoms with Crippen molar-refractivity contribution in [1.29, 1.82) is 0 Å². The maximum Gasteiger partial charge on any atom is 0.171 e. The fraction of sp³-hybridized carbons (Fsp3) is 0.500. The predicted molar refractivity (Wildman–Crippen MR) is 81.1 cm³/mol. The molecule has 3 rings (SSSR count). The molecule has 0 aliphatic carbocycles. The minimum atomic E-state index is -0.0489. The van der Waals surface area contributed by atoms with Crippen LogP contribution in [0.15, 0.2) is 18.2 Å². The molecule has 2 heterocycles. The normalized spacial score (nSPS) is 15.6. The van der Waals surface area contributed by atoms with E-state index >= 15 is 0 Å². The Hall–Kier alpha value is -1.88. The second-order valence-electron chi connectivity index (χ2n) is 5.76. The van der Waals surface area contributed by atoms with Crippen LogP contribution < -0.4 is 10.5 Å². The number of fused-ring (bicyclic) bond motifs is 1. The van der Waals surface area contributed by atoms with Crippen molar-refractivity contribution in [3.8, 4) is 5.75 Å². The zero-order chi connectivity index (χ0) is 14.8. The molecule has 5 heteroatoms. The molecule has 2 aromatic rings. The molecule has 0 saturated heterocycles. The Morgan fingerprint density at radius 1 is 1.33 bits per heavy atom. The lowest BCUT2D eigenvalue weighted by molar-refractivity contribution is 0.282. The number of nitrogens with zero attached hydrogens (tertiary/aromatic N) is 3. The average molecular weight is 286 g/mol. The highest BCUT2D eigenvalue weighted by Gasteiger charge is 2.16. The summed E-state index contributed by atoms with van der Waals surface area (Å²) >= 11 is 0. The first-order valence-corrected chi connectivity index (χ1v) is 7.55. The molecule has 0 amide bonds. The molecule has 21 heavy (non-hydrogen) atoms. The lowest BCUT2D eigenvalue weighted by Crippen LogP contribution is -2.15. The van der Waals surface area contributed by atoms with Gasteiger partial charge in [-0.2, -0.15) is 0 Å². The number of ether oxygens (including phenoxy) is 1. The summed E-state index contributed by atoms with van der Waals surface area (Å²) in [6, 6.07) is 6.06. The second-order valence-corrected chi connectivity index (χ2v) is 5.76. The Bertz CT molecular complexity index is 633. The monoisotopic (exact) mass is 286 g/mol. The molecule has 1 atom stereocenters. The smallest absolute Gasteiger partial charge is 0.171 e. The molecule has 1 aliphatic heterocycles. The molecule has 1 aromatic carbocycles. The van der Waals surface area contributed by atoms with E-state index in [9.17, 15) is 0 Å². The predicted octanol–water partition coefficient (Wildman–Crippen LogP) is 2.52. The van der Waals surface area contributed by atoms with Crippen molar-refractivity contribution in [2.24, 2.45) is 5.73 Å². The zero-order valence-electron chi connectivity index (χ0n) is 12.7. The van der Waals surface area contributed by atoms with Crippen LogP contribution in [0.2, 0.25) is 0 Å². The number of benzene rings is 1. The van der Waals surface area contributed by atoms with Crippen molar-refractivity contribution in [2.75, 3.05) is 0 Å². The molecular formula is C16H22N4O. The van der Waals surface area contributed by atoms with E-state index in [-0.39, 0.29) is 6.04 Å². The summed E-state index contributed by atoms with van der Waals surface area (Å²) in [4.78, 5) is 0. The summed E-state index contributed by atoms with van der Waals surface area (Å²) in [7, 11) is 0. The Morgan fingerprint density at radius 3 is 3.00 bits per heavy atom. The Morgan fingerprint density at radius 2 is 2.19 bits per heavy atom. The topological polar surface area (TPSA) is 66.0 Å². The number of aromatic nitrogens is 3. The minimum Gasteiger partial charge on any atom is -0.485 e. The third kappa shape index (κ3) is 2.93. The van der Waals surface area contributed by atoms with Crippen LogP contribution >= 0.6 is 0 Å². The molecule has 0 unspecified atom stereocenters. The Labute approximate surface area is 125 Å². The van der Waals surface area contributed by atoms with Gasteiger partial charge in [-0.25, -0.2) is 0 Å². The van der Waals surface area contributed by atoms with Gasteiger partial charge < -0.3 is 15.0 Å². The van der Waals surface area contributed by atoms with Gasteiger partial charge in [0.25, 0.3) is 0 Å². The van der Waals surface area contributed by atoms with Gasteiger partial charge in [-0.05, 0) is 32.8 Å². The molecule has 0 fully saturated rings. The van der Waals surface area contributed by atoms with Crippen LogP contribution in [0.1, 0.15) is 48.6 Å². The van der Waals surface area contributed by atoms with E-state index in [2.05, 4.69) is 27.8 Å². The first-order chi connectivity index (χ1) is 10.1. The van der Waals surface area contributed by atoms with Gasteiger partial charge in [-0.1, -0.05) is 17.7 Å². The quantitative estimate of drug-likeness (QED) is 0.938. The van der Waals surface area contributed by atoms with Crippen molar-refractivity contribution < 1.29 is 4.74 Å². The first kappa shape index (κ1) is 14.1. The van der Waals surface area contributed by atoms with E-state index in [0.717, 1.165) is 35.9 Å². The molecule has 2 N–H and O–H groups in total. The molecule has 0 saturated carbocycles. The number of hydrogen-bond donors (Lipinski definition) is 1. The summed E-state index contributed by atoms with van der Waals surface area (Å²) in [5, 5.41) is 8.51. The fourth-order valence-corrected chi connectivity index (χ4v) is 2.77. The molecule has 0 radical (unpaired) electrons. The summed E-state index contributed by atoms with van der Waals surface area (Å²) in [6.45, 7) is 5.47. The Kier molecular flexibility index (Phi) is 3.92. The first-order valence-electron chi connectivity index (χ1n) is 7.55. The number of nitrogens with two attached hydrogens (primary N) is 1. The van der Waals surface area contributed by atoms with Crippen molar-refractivity contribution in [3.63, 3.8) is 0 Å². The van der Waals surface area contributed by atoms with Crippen LogP contribution in [0.3, 0.4) is 0 Å². The van der Waals surface area contributed by atoms with E-state index in [1.807, 2.05) is 19.1 Å². The summed E-state index contributed by atoms with van der Waals surface area (Å²) in [6.07, 6.45) is 3.40. The van der Waals surface area contributed by atoms with Gasteiger partial charge in [0.15, 0.2) is 5.82 Å². The third-order valence-corrected chi connectivity index (χ3v) is 3.95. The van der Waals surface area contributed by atoms with Gasteiger partial charge in [0.05, 0.1) is 0 Å². The van der Waals surface area contributed by atoms with Crippen LogP contribution in [0, 0.1) is 6.92 Å². The lowest BCUT2D eigenvalue weighted by atomic mass is 10.1. The van der Waals surface area contributed by atoms with Crippen molar-refractivity contribution in [2.45, 2.75) is 52.3 Å². The average Bonchev–Trinajstić information content (AvgIpc) is 2.89. The highest BCUT2D eigenvalue weighted by atomic mass is 16.5. The van der Waals surface area contributed by atoms with Crippen LogP contribution in [0.5, 0.6) is 5.75 Å². The van der Waals surface area contributed by atoms with Gasteiger partial charge in [-0.3, -0.25) is 0 Å². The van der Waals surface area contributed by atoms with Gasteiger partial charge in [0.2, 0.25) is 0 Å². The van der Waals surface area contributed by atoms with Gasteiger partial charge in [-0.15, -0.1) is 10.2 Å². The minimum absolute atomic E-state index is 0.0489. The largest absolute Gasteiger partial charge is 0.485 e. The van der Waals surface area contributed by atoms with Crippen LogP contribution in [0.4, 0.5) is 0 Å². The third-order valence-electron chi connectivity index (χ3n) is 3.95. The second kappa shape index (κ2) is 5.85. The standard InChI is InChI=1S/C16H22N4O/c1-11-6-7-14(13(9-11)12(2)17)21-10-16-19-18-15-5-3-4-8-20(15)16/h6-7,9,12H,3-5,8,10,17H2,1-2H3/t12-/m1/s1. The molecule has 112 valence electrons. The van der Waals surface area contributed by atoms with Crippen molar-refractivity contribution >= 4 is 0 Å². The van der Waals surface area contributed by atoms with Crippen molar-refractivity contribution in [1.82, 2.24) is 14.8 Å². The maximum atomic E-state index is 6.03. The lowest BCUT2D eigenvalue weighted by Gasteiger charge is -2.17. The number of aryl methyl sites for hydroxylation is 2. The van der Waals surface area contributed by atoms with Crippen LogP contribution in [-0.2, 0) is 19.6 Å². The number of rotatable bonds is 4. The molecule has 0 spiro atoms. The van der Waals surface area contributed by atoms with Gasteiger partial charge in [0, 0.05) is 24.6 Å². The highest BCUT2D eigenvalue weighted by molar-refractivity contribution is 5.38. The van der Waals surface area contributed by atoms with E-state index < -0.39 is 0 Å². The number of hydrogen-bond acceptors (Lipinski definition) is 4. The molecule has 0 bridgehead atoms. The SMILES string of the molecule is Cc1ccc(OCc2nnc3n2CCCC3)c([C@@H](C)N)c1. The van der Waals surface area contributed by atoms with Crippen molar-refractivity contribution in [3.05, 3.63) is 41.0 Å². The molecule has 5 nitrogen and oxygen atoms in total. The fourth-order valence-electron chi connectivity index (χ4n) is 2.77. The molecule has 1 aromatic heterocycles. The summed E-state index contributed by atoms with van der Waals surface area (Å²) in [5.74, 6) is 2.82. The molecule has 1 aliphatic rings. The van der Waals surface area contributed by atoms with E-state index in [1.165, 1.54) is 18.4 Å². The Balaban J connectivity index is 1.77. The molecular weight excluding hydrogens is 264 g/mol. The van der Waals surface area contributed by atoms with E-state index in [0.29, 0.717) is 6.61 Å². The summed E-state index contributed by atoms with van der Waals surface area (Å²) < 4.78 is 8.14. The maximum absolute atomic E-state index is 6.03. The zero-order valence-corrected chi connectivity index (χ0v) is 12.7. The highest BCUT2D eigenvalue weighted by Crippen LogP contribution is 2.26. The van der Waals surface area contributed by atoms with E-state index in [1.54, 1.807) is 0 Å². The van der Waals surface area contributed by atoms with Gasteiger partial charge in [0.1, 0.15) is 18.2 Å². The van der Waals surface area contributed by atoms with Gasteiger partial charge >= 0.3 is 0 Å². The van der Waals surface area contributed by atoms with Crippen LogP contribution in [-0.4, -0.2) is 14.8 Å².